The fourth-order valence-electron chi connectivity index (χ4n) is 2.30. The molecule has 3 rings (SSSR count). The molecule has 1 aromatic carbocycles. The molecule has 0 bridgehead atoms. The lowest BCUT2D eigenvalue weighted by Gasteiger charge is -2.13. The maximum Gasteiger partial charge on any atom is 0.411 e. The largest absolute Gasteiger partial charge is 0.465 e. The van der Waals surface area contributed by atoms with E-state index in [1.165, 1.54) is 21.9 Å². The van der Waals surface area contributed by atoms with Crippen LogP contribution in [0.4, 0.5) is 10.5 Å². The molecule has 1 aliphatic rings. The van der Waals surface area contributed by atoms with Crippen molar-refractivity contribution in [1.82, 2.24) is 9.55 Å². The summed E-state index contributed by atoms with van der Waals surface area (Å²) in [6.07, 6.45) is 4.09. The Morgan fingerprint density at radius 3 is 2.95 bits per heavy atom. The van der Waals surface area contributed by atoms with E-state index in [1.807, 2.05) is 6.07 Å². The summed E-state index contributed by atoms with van der Waals surface area (Å²) in [5.74, 6) is 0. The predicted molar refractivity (Wildman–Crippen MR) is 68.9 cm³/mol. The summed E-state index contributed by atoms with van der Waals surface area (Å²) in [7, 11) is 0. The first kappa shape index (κ1) is 11.5. The van der Waals surface area contributed by atoms with Crippen LogP contribution in [0.25, 0.3) is 5.69 Å². The number of nitrogens with zero attached hydrogens (tertiary/aromatic N) is 3. The fourth-order valence-corrected chi connectivity index (χ4v) is 2.30. The normalized spacial score (nSPS) is 13.4. The van der Waals surface area contributed by atoms with Crippen LogP contribution in [-0.2, 0) is 6.42 Å². The first-order chi connectivity index (χ1) is 9.16. The summed E-state index contributed by atoms with van der Waals surface area (Å²) in [4.78, 5) is 27.8. The molecule has 2 heterocycles. The Morgan fingerprint density at radius 1 is 1.37 bits per heavy atom. The third kappa shape index (κ3) is 1.87. The lowest BCUT2D eigenvalue weighted by atomic mass is 10.1. The molecular formula is C13H11N3O3. The monoisotopic (exact) mass is 257 g/mol. The third-order valence-corrected chi connectivity index (χ3v) is 3.19. The molecule has 0 saturated carbocycles. The Morgan fingerprint density at radius 2 is 2.21 bits per heavy atom. The second-order valence-corrected chi connectivity index (χ2v) is 4.28. The van der Waals surface area contributed by atoms with Gasteiger partial charge in [-0.3, -0.25) is 19.2 Å². The van der Waals surface area contributed by atoms with E-state index in [-0.39, 0.29) is 5.56 Å². The quantitative estimate of drug-likeness (QED) is 0.834. The van der Waals surface area contributed by atoms with Gasteiger partial charge in [-0.2, -0.15) is 0 Å². The Bertz CT molecular complexity index is 708. The van der Waals surface area contributed by atoms with Gasteiger partial charge in [-0.1, -0.05) is 0 Å². The number of amides is 1. The molecule has 6 nitrogen and oxygen atoms in total. The molecule has 0 spiro atoms. The van der Waals surface area contributed by atoms with Crippen molar-refractivity contribution in [3.8, 4) is 5.69 Å². The van der Waals surface area contributed by atoms with Gasteiger partial charge >= 0.3 is 6.09 Å². The number of anilines is 1. The number of carboxylic acid groups (broad SMARTS) is 1. The van der Waals surface area contributed by atoms with E-state index in [0.29, 0.717) is 18.7 Å². The van der Waals surface area contributed by atoms with Crippen molar-refractivity contribution in [2.45, 2.75) is 6.42 Å². The molecule has 0 aliphatic carbocycles. The topological polar surface area (TPSA) is 75.4 Å². The van der Waals surface area contributed by atoms with Gasteiger partial charge in [-0.25, -0.2) is 4.79 Å². The highest BCUT2D eigenvalue weighted by atomic mass is 16.4. The molecule has 0 saturated heterocycles. The van der Waals surface area contributed by atoms with E-state index in [4.69, 9.17) is 5.11 Å². The van der Waals surface area contributed by atoms with Crippen molar-refractivity contribution in [3.05, 3.63) is 52.7 Å². The highest BCUT2D eigenvalue weighted by Crippen LogP contribution is 2.29. The molecule has 0 radical (unpaired) electrons. The average molecular weight is 257 g/mol. The Labute approximate surface area is 108 Å². The SMILES string of the molecule is O=C(O)N1CCc2cc(-n3ccncc3=O)ccc21. The summed E-state index contributed by atoms with van der Waals surface area (Å²) < 4.78 is 1.48. The number of hydrogen-bond acceptors (Lipinski definition) is 3. The number of fused-ring (bicyclic) bond motifs is 1. The van der Waals surface area contributed by atoms with Crippen molar-refractivity contribution in [2.24, 2.45) is 0 Å². The van der Waals surface area contributed by atoms with Crippen LogP contribution >= 0.6 is 0 Å². The molecule has 1 N–H and O–H groups in total. The molecule has 96 valence electrons. The van der Waals surface area contributed by atoms with Crippen LogP contribution in [-0.4, -0.2) is 27.3 Å². The van der Waals surface area contributed by atoms with E-state index < -0.39 is 6.09 Å². The lowest BCUT2D eigenvalue weighted by Crippen LogP contribution is -2.26. The average Bonchev–Trinajstić information content (AvgIpc) is 2.82. The number of hydrogen-bond donors (Lipinski definition) is 1. The molecule has 0 fully saturated rings. The van der Waals surface area contributed by atoms with E-state index in [1.54, 1.807) is 18.3 Å². The van der Waals surface area contributed by atoms with Crippen LogP contribution in [0.3, 0.4) is 0 Å². The molecule has 1 aliphatic heterocycles. The molecule has 2 aromatic rings. The van der Waals surface area contributed by atoms with Gasteiger partial charge in [-0.15, -0.1) is 0 Å². The maximum absolute atomic E-state index is 11.7. The molecule has 6 heteroatoms. The van der Waals surface area contributed by atoms with Gasteiger partial charge in [-0.05, 0) is 30.2 Å². The standard InChI is InChI=1S/C13H11N3O3/c17-12-8-14-4-6-15(12)10-1-2-11-9(7-10)3-5-16(11)13(18)19/h1-2,4,6-8H,3,5H2,(H,18,19). The summed E-state index contributed by atoms with van der Waals surface area (Å²) in [6.45, 7) is 0.458. The number of carbonyl (C=O) groups is 1. The van der Waals surface area contributed by atoms with Gasteiger partial charge in [0.1, 0.15) is 0 Å². The van der Waals surface area contributed by atoms with Gasteiger partial charge in [0.2, 0.25) is 0 Å². The molecule has 0 unspecified atom stereocenters. The third-order valence-electron chi connectivity index (χ3n) is 3.19. The first-order valence-corrected chi connectivity index (χ1v) is 5.83. The second-order valence-electron chi connectivity index (χ2n) is 4.28. The molecule has 1 amide bonds. The smallest absolute Gasteiger partial charge is 0.411 e. The summed E-state index contributed by atoms with van der Waals surface area (Å²) in [6, 6.07) is 5.32. The van der Waals surface area contributed by atoms with Crippen LogP contribution in [0, 0.1) is 0 Å². The minimum atomic E-state index is -0.951. The number of benzene rings is 1. The Balaban J connectivity index is 2.07. The summed E-state index contributed by atoms with van der Waals surface area (Å²) >= 11 is 0. The zero-order chi connectivity index (χ0) is 13.4. The lowest BCUT2D eigenvalue weighted by molar-refractivity contribution is 0.202. The van der Waals surface area contributed by atoms with E-state index in [9.17, 15) is 9.59 Å². The minimum absolute atomic E-state index is 0.212. The molecular weight excluding hydrogens is 246 g/mol. The van der Waals surface area contributed by atoms with Crippen molar-refractivity contribution < 1.29 is 9.90 Å². The minimum Gasteiger partial charge on any atom is -0.465 e. The van der Waals surface area contributed by atoms with Crippen molar-refractivity contribution in [2.75, 3.05) is 11.4 Å². The van der Waals surface area contributed by atoms with Gasteiger partial charge < -0.3 is 5.11 Å². The highest BCUT2D eigenvalue weighted by molar-refractivity contribution is 5.89. The van der Waals surface area contributed by atoms with Crippen LogP contribution in [0.15, 0.2) is 41.6 Å². The van der Waals surface area contributed by atoms with Crippen molar-refractivity contribution >= 4 is 11.8 Å². The summed E-state index contributed by atoms with van der Waals surface area (Å²) in [5, 5.41) is 9.05. The first-order valence-electron chi connectivity index (χ1n) is 5.83. The van der Waals surface area contributed by atoms with Crippen LogP contribution in [0.1, 0.15) is 5.56 Å². The second kappa shape index (κ2) is 4.24. The number of aromatic nitrogens is 2. The van der Waals surface area contributed by atoms with E-state index in [2.05, 4.69) is 4.98 Å². The molecule has 19 heavy (non-hydrogen) atoms. The molecule has 0 atom stereocenters. The predicted octanol–water partition coefficient (Wildman–Crippen LogP) is 1.27. The summed E-state index contributed by atoms with van der Waals surface area (Å²) in [5.41, 5.74) is 2.14. The van der Waals surface area contributed by atoms with E-state index in [0.717, 1.165) is 11.3 Å². The zero-order valence-corrected chi connectivity index (χ0v) is 9.98. The van der Waals surface area contributed by atoms with Crippen molar-refractivity contribution in [1.29, 1.82) is 0 Å². The van der Waals surface area contributed by atoms with E-state index >= 15 is 0 Å². The van der Waals surface area contributed by atoms with Crippen molar-refractivity contribution in [3.63, 3.8) is 0 Å². The van der Waals surface area contributed by atoms with Gasteiger partial charge in [0.05, 0.1) is 11.9 Å². The van der Waals surface area contributed by atoms with Crippen LogP contribution in [0.2, 0.25) is 0 Å². The number of rotatable bonds is 1. The highest BCUT2D eigenvalue weighted by Gasteiger charge is 2.24. The van der Waals surface area contributed by atoms with Gasteiger partial charge in [0.25, 0.3) is 5.56 Å². The van der Waals surface area contributed by atoms with Gasteiger partial charge in [0.15, 0.2) is 0 Å². The van der Waals surface area contributed by atoms with Crippen LogP contribution in [0.5, 0.6) is 0 Å². The van der Waals surface area contributed by atoms with Gasteiger partial charge in [0, 0.05) is 24.6 Å². The van der Waals surface area contributed by atoms with Crippen LogP contribution < -0.4 is 10.5 Å². The molecule has 1 aromatic heterocycles. The Hall–Kier alpha value is -2.63. The Kier molecular flexibility index (Phi) is 2.56. The maximum atomic E-state index is 11.7. The fraction of sp³-hybridized carbons (Fsp3) is 0.154. The zero-order valence-electron chi connectivity index (χ0n) is 9.98.